The standard InChI is InChI=1S/C41H26N4/c1-2-32-35(24-42)40(29-16-10-5-11-17-29)37(26-44)41(36(32)25-43)45-38-20-18-30(27-12-6-3-7-13-27)22-33(38)34-23-31(19-21-39(34)45)28-14-8-4-9-15-28/h3-23H,2H2,1H3. The van der Waals surface area contributed by atoms with Gasteiger partial charge in [-0.25, -0.2) is 0 Å². The molecule has 6 aromatic carbocycles. The van der Waals surface area contributed by atoms with Crippen LogP contribution < -0.4 is 0 Å². The van der Waals surface area contributed by atoms with Crippen molar-refractivity contribution in [2.45, 2.75) is 13.3 Å². The Balaban J connectivity index is 1.65. The van der Waals surface area contributed by atoms with Crippen molar-refractivity contribution < 1.29 is 0 Å². The molecule has 45 heavy (non-hydrogen) atoms. The molecule has 7 rings (SSSR count). The fourth-order valence-corrected chi connectivity index (χ4v) is 6.50. The maximum atomic E-state index is 10.8. The van der Waals surface area contributed by atoms with Crippen molar-refractivity contribution in [1.82, 2.24) is 4.57 Å². The van der Waals surface area contributed by atoms with Gasteiger partial charge in [-0.2, -0.15) is 15.8 Å². The summed E-state index contributed by atoms with van der Waals surface area (Å²) in [5.41, 5.74) is 9.64. The van der Waals surface area contributed by atoms with Crippen LogP contribution in [0, 0.1) is 34.0 Å². The molecule has 0 aliphatic rings. The van der Waals surface area contributed by atoms with E-state index in [1.165, 1.54) is 0 Å². The largest absolute Gasteiger partial charge is 0.307 e. The molecule has 0 unspecified atom stereocenters. The molecule has 0 bridgehead atoms. The molecule has 1 heterocycles. The molecule has 0 saturated carbocycles. The van der Waals surface area contributed by atoms with Gasteiger partial charge in [-0.3, -0.25) is 0 Å². The van der Waals surface area contributed by atoms with Gasteiger partial charge in [0.2, 0.25) is 0 Å². The Labute approximate surface area is 261 Å². The van der Waals surface area contributed by atoms with Gasteiger partial charge in [0.1, 0.15) is 18.2 Å². The van der Waals surface area contributed by atoms with E-state index in [0.29, 0.717) is 39.9 Å². The van der Waals surface area contributed by atoms with Crippen LogP contribution in [0.5, 0.6) is 0 Å². The smallest absolute Gasteiger partial charge is 0.102 e. The zero-order chi connectivity index (χ0) is 30.9. The Kier molecular flexibility index (Phi) is 6.92. The molecule has 4 nitrogen and oxygen atoms in total. The Morgan fingerprint density at radius 1 is 0.489 bits per heavy atom. The lowest BCUT2D eigenvalue weighted by atomic mass is 9.86. The van der Waals surface area contributed by atoms with E-state index in [-0.39, 0.29) is 0 Å². The first kappa shape index (κ1) is 27.4. The second-order valence-corrected chi connectivity index (χ2v) is 10.9. The molecular formula is C41H26N4. The normalized spacial score (nSPS) is 10.8. The SMILES string of the molecule is CCc1c(C#N)c(-c2ccccc2)c(C#N)c(-n2c3ccc(-c4ccccc4)cc3c3cc(-c4ccccc4)ccc32)c1C#N. The van der Waals surface area contributed by atoms with E-state index in [1.54, 1.807) is 0 Å². The molecule has 0 atom stereocenters. The van der Waals surface area contributed by atoms with Gasteiger partial charge in [0.15, 0.2) is 0 Å². The summed E-state index contributed by atoms with van der Waals surface area (Å²) < 4.78 is 2.05. The van der Waals surface area contributed by atoms with Crippen LogP contribution in [0.4, 0.5) is 0 Å². The summed E-state index contributed by atoms with van der Waals surface area (Å²) in [6.07, 6.45) is 0.470. The third-order valence-electron chi connectivity index (χ3n) is 8.53. The van der Waals surface area contributed by atoms with Crippen LogP contribution in [-0.2, 0) is 6.42 Å². The summed E-state index contributed by atoms with van der Waals surface area (Å²) in [5.74, 6) is 0. The molecule has 0 aliphatic heterocycles. The van der Waals surface area contributed by atoms with E-state index in [2.05, 4.69) is 83.4 Å². The highest BCUT2D eigenvalue weighted by Crippen LogP contribution is 2.43. The van der Waals surface area contributed by atoms with Gasteiger partial charge in [-0.05, 0) is 64.1 Å². The van der Waals surface area contributed by atoms with Crippen LogP contribution >= 0.6 is 0 Å². The van der Waals surface area contributed by atoms with Crippen molar-refractivity contribution in [1.29, 1.82) is 15.8 Å². The lowest BCUT2D eigenvalue weighted by molar-refractivity contribution is 1.08. The van der Waals surface area contributed by atoms with Crippen LogP contribution in [-0.4, -0.2) is 4.57 Å². The first-order valence-corrected chi connectivity index (χ1v) is 14.9. The molecule has 0 fully saturated rings. The van der Waals surface area contributed by atoms with Gasteiger partial charge >= 0.3 is 0 Å². The summed E-state index contributed by atoms with van der Waals surface area (Å²) in [6.45, 7) is 1.95. The second kappa shape index (κ2) is 11.3. The molecule has 0 spiro atoms. The maximum absolute atomic E-state index is 10.8. The van der Waals surface area contributed by atoms with Gasteiger partial charge in [0.25, 0.3) is 0 Å². The molecular weight excluding hydrogens is 548 g/mol. The highest BCUT2D eigenvalue weighted by Gasteiger charge is 2.28. The number of aromatic nitrogens is 1. The van der Waals surface area contributed by atoms with E-state index in [9.17, 15) is 15.8 Å². The fraction of sp³-hybridized carbons (Fsp3) is 0.0488. The number of hydrogen-bond donors (Lipinski definition) is 0. The molecule has 210 valence electrons. The van der Waals surface area contributed by atoms with E-state index in [0.717, 1.165) is 49.6 Å². The molecule has 0 N–H and O–H groups in total. The van der Waals surface area contributed by atoms with Gasteiger partial charge in [0, 0.05) is 16.3 Å². The Bertz CT molecular complexity index is 2270. The van der Waals surface area contributed by atoms with Crippen molar-refractivity contribution >= 4 is 21.8 Å². The van der Waals surface area contributed by atoms with E-state index in [4.69, 9.17) is 0 Å². The van der Waals surface area contributed by atoms with Gasteiger partial charge < -0.3 is 4.57 Å². The number of rotatable bonds is 5. The molecule has 4 heteroatoms. The number of fused-ring (bicyclic) bond motifs is 3. The van der Waals surface area contributed by atoms with Crippen LogP contribution in [0.2, 0.25) is 0 Å². The minimum Gasteiger partial charge on any atom is -0.307 e. The van der Waals surface area contributed by atoms with Gasteiger partial charge in [-0.1, -0.05) is 110 Å². The molecule has 0 radical (unpaired) electrons. The molecule has 0 saturated heterocycles. The van der Waals surface area contributed by atoms with Crippen LogP contribution in [0.25, 0.3) is 60.9 Å². The summed E-state index contributed by atoms with van der Waals surface area (Å²) >= 11 is 0. The molecule has 7 aromatic rings. The van der Waals surface area contributed by atoms with Crippen molar-refractivity contribution in [3.8, 4) is 57.3 Å². The predicted octanol–water partition coefficient (Wildman–Crippen LogP) is 9.96. The van der Waals surface area contributed by atoms with Crippen LogP contribution in [0.15, 0.2) is 127 Å². The fourth-order valence-electron chi connectivity index (χ4n) is 6.50. The van der Waals surface area contributed by atoms with Crippen molar-refractivity contribution in [3.63, 3.8) is 0 Å². The second-order valence-electron chi connectivity index (χ2n) is 10.9. The average Bonchev–Trinajstić information content (AvgIpc) is 3.43. The summed E-state index contributed by atoms with van der Waals surface area (Å²) in [7, 11) is 0. The summed E-state index contributed by atoms with van der Waals surface area (Å²) in [4.78, 5) is 0. The lowest BCUT2D eigenvalue weighted by Crippen LogP contribution is -2.09. The zero-order valence-corrected chi connectivity index (χ0v) is 24.6. The van der Waals surface area contributed by atoms with Crippen molar-refractivity contribution in [2.24, 2.45) is 0 Å². The third-order valence-corrected chi connectivity index (χ3v) is 8.53. The Hall–Kier alpha value is -6.41. The van der Waals surface area contributed by atoms with E-state index >= 15 is 0 Å². The third kappa shape index (κ3) is 4.44. The Morgan fingerprint density at radius 3 is 1.36 bits per heavy atom. The lowest BCUT2D eigenvalue weighted by Gasteiger charge is -2.20. The summed E-state index contributed by atoms with van der Waals surface area (Å²) in [6, 6.07) is 50.0. The Morgan fingerprint density at radius 2 is 0.933 bits per heavy atom. The van der Waals surface area contributed by atoms with Gasteiger partial charge in [0.05, 0.1) is 33.4 Å². The molecule has 1 aromatic heterocycles. The van der Waals surface area contributed by atoms with Crippen molar-refractivity contribution in [2.75, 3.05) is 0 Å². The predicted molar refractivity (Wildman–Crippen MR) is 181 cm³/mol. The first-order chi connectivity index (χ1) is 22.2. The number of nitriles is 3. The van der Waals surface area contributed by atoms with E-state index in [1.807, 2.05) is 73.7 Å². The van der Waals surface area contributed by atoms with Crippen LogP contribution in [0.3, 0.4) is 0 Å². The highest BCUT2D eigenvalue weighted by molar-refractivity contribution is 6.12. The highest BCUT2D eigenvalue weighted by atomic mass is 15.0. The van der Waals surface area contributed by atoms with E-state index < -0.39 is 0 Å². The number of benzene rings is 6. The maximum Gasteiger partial charge on any atom is 0.102 e. The molecule has 0 aliphatic carbocycles. The van der Waals surface area contributed by atoms with Crippen LogP contribution in [0.1, 0.15) is 29.2 Å². The average molecular weight is 575 g/mol. The van der Waals surface area contributed by atoms with Crippen molar-refractivity contribution in [3.05, 3.63) is 150 Å². The number of hydrogen-bond acceptors (Lipinski definition) is 3. The summed E-state index contributed by atoms with van der Waals surface area (Å²) in [5, 5.41) is 33.9. The quantitative estimate of drug-likeness (QED) is 0.205. The first-order valence-electron chi connectivity index (χ1n) is 14.9. The topological polar surface area (TPSA) is 76.3 Å². The van der Waals surface area contributed by atoms with Gasteiger partial charge in [-0.15, -0.1) is 0 Å². The number of nitrogens with zero attached hydrogens (tertiary/aromatic N) is 4. The zero-order valence-electron chi connectivity index (χ0n) is 24.6. The minimum absolute atomic E-state index is 0.310. The monoisotopic (exact) mass is 574 g/mol. The minimum atomic E-state index is 0.310. The molecule has 0 amide bonds.